The summed E-state index contributed by atoms with van der Waals surface area (Å²) in [5, 5.41) is 4.18. The van der Waals surface area contributed by atoms with Crippen LogP contribution in [0.25, 0.3) is 0 Å². The highest BCUT2D eigenvalue weighted by Gasteiger charge is 2.29. The SMILES string of the molecule is CS(=O)(=O)N1CCC[C@H](C(=O)NCCSCc2c(Cl)cccc2Cl)C1. The molecule has 25 heavy (non-hydrogen) atoms. The molecule has 2 rings (SSSR count). The number of piperidine rings is 1. The summed E-state index contributed by atoms with van der Waals surface area (Å²) in [7, 11) is -3.24. The van der Waals surface area contributed by atoms with Gasteiger partial charge in [-0.3, -0.25) is 4.79 Å². The maximum atomic E-state index is 12.2. The van der Waals surface area contributed by atoms with Crippen molar-refractivity contribution in [2.24, 2.45) is 5.92 Å². The van der Waals surface area contributed by atoms with Crippen molar-refractivity contribution in [1.29, 1.82) is 0 Å². The fourth-order valence-corrected chi connectivity index (χ4v) is 5.20. The first-order valence-corrected chi connectivity index (χ1v) is 11.8. The van der Waals surface area contributed by atoms with Crippen LogP contribution in [-0.2, 0) is 20.6 Å². The lowest BCUT2D eigenvalue weighted by atomic mass is 9.99. The molecule has 1 aliphatic rings. The summed E-state index contributed by atoms with van der Waals surface area (Å²) in [6, 6.07) is 5.42. The molecule has 140 valence electrons. The molecule has 9 heteroatoms. The third kappa shape index (κ3) is 6.32. The standard InChI is InChI=1S/C16H22Cl2N2O3S2/c1-25(22,23)20-8-3-4-12(10-20)16(21)19-7-9-24-11-13-14(17)5-2-6-15(13)18/h2,5-6,12H,3-4,7-11H2,1H3,(H,19,21)/t12-/m0/s1. The summed E-state index contributed by atoms with van der Waals surface area (Å²) in [6.45, 7) is 1.30. The van der Waals surface area contributed by atoms with Crippen molar-refractivity contribution in [1.82, 2.24) is 9.62 Å². The van der Waals surface area contributed by atoms with Crippen LogP contribution < -0.4 is 5.32 Å². The zero-order valence-corrected chi connectivity index (χ0v) is 17.1. The maximum Gasteiger partial charge on any atom is 0.224 e. The number of hydrogen-bond donors (Lipinski definition) is 1. The number of nitrogens with one attached hydrogen (secondary N) is 1. The first-order chi connectivity index (χ1) is 11.8. The van der Waals surface area contributed by atoms with Crippen molar-refractivity contribution in [3.63, 3.8) is 0 Å². The minimum absolute atomic E-state index is 0.0790. The minimum Gasteiger partial charge on any atom is -0.355 e. The second kappa shape index (κ2) is 9.46. The summed E-state index contributed by atoms with van der Waals surface area (Å²) in [4.78, 5) is 12.2. The Morgan fingerprint density at radius 1 is 1.36 bits per heavy atom. The molecule has 1 N–H and O–H groups in total. The van der Waals surface area contributed by atoms with E-state index in [4.69, 9.17) is 23.2 Å². The van der Waals surface area contributed by atoms with Crippen molar-refractivity contribution in [2.45, 2.75) is 18.6 Å². The van der Waals surface area contributed by atoms with E-state index in [9.17, 15) is 13.2 Å². The summed E-state index contributed by atoms with van der Waals surface area (Å²) < 4.78 is 24.6. The van der Waals surface area contributed by atoms with Gasteiger partial charge >= 0.3 is 0 Å². The number of carbonyl (C=O) groups excluding carboxylic acids is 1. The third-order valence-corrected chi connectivity index (χ3v) is 7.04. The second-order valence-electron chi connectivity index (χ2n) is 6.00. The summed E-state index contributed by atoms with van der Waals surface area (Å²) in [5.74, 6) is 1.06. The number of sulfonamides is 1. The summed E-state index contributed by atoms with van der Waals surface area (Å²) >= 11 is 13.9. The van der Waals surface area contributed by atoms with Gasteiger partial charge in [-0.15, -0.1) is 0 Å². The molecule has 1 aliphatic heterocycles. The van der Waals surface area contributed by atoms with E-state index >= 15 is 0 Å². The number of nitrogens with zero attached hydrogens (tertiary/aromatic N) is 1. The van der Waals surface area contributed by atoms with E-state index in [2.05, 4.69) is 5.32 Å². The second-order valence-corrected chi connectivity index (χ2v) is 9.91. The Morgan fingerprint density at radius 2 is 2.04 bits per heavy atom. The molecule has 1 aromatic carbocycles. The highest BCUT2D eigenvalue weighted by molar-refractivity contribution is 7.98. The van der Waals surface area contributed by atoms with Crippen molar-refractivity contribution < 1.29 is 13.2 Å². The van der Waals surface area contributed by atoms with Crippen LogP contribution in [0.5, 0.6) is 0 Å². The van der Waals surface area contributed by atoms with Gasteiger partial charge < -0.3 is 5.32 Å². The molecule has 0 spiro atoms. The van der Waals surface area contributed by atoms with Gasteiger partial charge in [-0.1, -0.05) is 29.3 Å². The van der Waals surface area contributed by atoms with E-state index in [-0.39, 0.29) is 18.4 Å². The van der Waals surface area contributed by atoms with E-state index in [1.54, 1.807) is 11.8 Å². The number of halogens is 2. The summed E-state index contributed by atoms with van der Waals surface area (Å²) in [5.41, 5.74) is 0.901. The molecule has 1 heterocycles. The number of carbonyl (C=O) groups is 1. The first-order valence-electron chi connectivity index (χ1n) is 8.02. The van der Waals surface area contributed by atoms with Crippen molar-refractivity contribution >= 4 is 50.9 Å². The molecule has 1 atom stereocenters. The number of hydrogen-bond acceptors (Lipinski definition) is 4. The molecule has 0 unspecified atom stereocenters. The Kier molecular flexibility index (Phi) is 7.89. The Balaban J connectivity index is 1.72. The van der Waals surface area contributed by atoms with E-state index in [1.165, 1.54) is 10.6 Å². The molecule has 1 saturated heterocycles. The quantitative estimate of drug-likeness (QED) is 0.682. The molecule has 0 bridgehead atoms. The zero-order chi connectivity index (χ0) is 18.4. The van der Waals surface area contributed by atoms with Gasteiger partial charge in [0.05, 0.1) is 12.2 Å². The average molecular weight is 425 g/mol. The van der Waals surface area contributed by atoms with E-state index < -0.39 is 10.0 Å². The normalized spacial score (nSPS) is 18.9. The zero-order valence-electron chi connectivity index (χ0n) is 14.0. The summed E-state index contributed by atoms with van der Waals surface area (Å²) in [6.07, 6.45) is 2.62. The van der Waals surface area contributed by atoms with Crippen molar-refractivity contribution in [3.8, 4) is 0 Å². The molecule has 1 fully saturated rings. The molecule has 5 nitrogen and oxygen atoms in total. The predicted molar refractivity (Wildman–Crippen MR) is 105 cm³/mol. The molecule has 1 amide bonds. The first kappa shape index (κ1) is 20.8. The lowest BCUT2D eigenvalue weighted by Gasteiger charge is -2.30. The van der Waals surface area contributed by atoms with Crippen LogP contribution in [-0.4, -0.2) is 50.3 Å². The molecular formula is C16H22Cl2N2O3S2. The topological polar surface area (TPSA) is 66.5 Å². The van der Waals surface area contributed by atoms with Crippen LogP contribution in [0, 0.1) is 5.92 Å². The highest BCUT2D eigenvalue weighted by atomic mass is 35.5. The van der Waals surface area contributed by atoms with Crippen molar-refractivity contribution in [2.75, 3.05) is 31.6 Å². The third-order valence-electron chi connectivity index (χ3n) is 4.08. The average Bonchev–Trinajstić information content (AvgIpc) is 2.56. The van der Waals surface area contributed by atoms with Crippen LogP contribution in [0.1, 0.15) is 18.4 Å². The number of benzene rings is 1. The highest BCUT2D eigenvalue weighted by Crippen LogP contribution is 2.28. The van der Waals surface area contributed by atoms with Crippen LogP contribution >= 0.6 is 35.0 Å². The van der Waals surface area contributed by atoms with Crippen LogP contribution in [0.15, 0.2) is 18.2 Å². The number of amides is 1. The molecule has 0 saturated carbocycles. The maximum absolute atomic E-state index is 12.2. The number of thioether (sulfide) groups is 1. The van der Waals surface area contributed by atoms with Gasteiger partial charge in [0.1, 0.15) is 0 Å². The van der Waals surface area contributed by atoms with Crippen LogP contribution in [0.3, 0.4) is 0 Å². The van der Waals surface area contributed by atoms with Gasteiger partial charge in [-0.25, -0.2) is 12.7 Å². The largest absolute Gasteiger partial charge is 0.355 e. The lowest BCUT2D eigenvalue weighted by Crippen LogP contribution is -2.45. The van der Waals surface area contributed by atoms with Gasteiger partial charge in [-0.2, -0.15) is 11.8 Å². The predicted octanol–water partition coefficient (Wildman–Crippen LogP) is 3.01. The fourth-order valence-electron chi connectivity index (χ4n) is 2.69. The monoisotopic (exact) mass is 424 g/mol. The smallest absolute Gasteiger partial charge is 0.224 e. The van der Waals surface area contributed by atoms with Crippen LogP contribution in [0.2, 0.25) is 10.0 Å². The van der Waals surface area contributed by atoms with Crippen LogP contribution in [0.4, 0.5) is 0 Å². The molecule has 0 radical (unpaired) electrons. The fraction of sp³-hybridized carbons (Fsp3) is 0.562. The Hall–Kier alpha value is -0.470. The van der Waals surface area contributed by atoms with E-state index in [1.807, 2.05) is 18.2 Å². The molecule has 0 aliphatic carbocycles. The molecule has 0 aromatic heterocycles. The van der Waals surface area contributed by atoms with E-state index in [0.717, 1.165) is 17.7 Å². The van der Waals surface area contributed by atoms with E-state index in [0.29, 0.717) is 35.3 Å². The van der Waals surface area contributed by atoms with Gasteiger partial charge in [-0.05, 0) is 30.5 Å². The van der Waals surface area contributed by atoms with Gasteiger partial charge in [0.15, 0.2) is 0 Å². The Labute approximate surface area is 163 Å². The van der Waals surface area contributed by atoms with Gasteiger partial charge in [0.2, 0.25) is 15.9 Å². The lowest BCUT2D eigenvalue weighted by molar-refractivity contribution is -0.125. The number of rotatable bonds is 7. The van der Waals surface area contributed by atoms with Gasteiger partial charge in [0.25, 0.3) is 0 Å². The Morgan fingerprint density at radius 3 is 2.68 bits per heavy atom. The van der Waals surface area contributed by atoms with Gasteiger partial charge in [0, 0.05) is 41.2 Å². The minimum atomic E-state index is -3.24. The molecular weight excluding hydrogens is 403 g/mol. The van der Waals surface area contributed by atoms with Crippen molar-refractivity contribution in [3.05, 3.63) is 33.8 Å². The molecule has 1 aromatic rings. The Bertz CT molecular complexity index is 693.